The van der Waals surface area contributed by atoms with Gasteiger partial charge in [-0.05, 0) is 25.0 Å². The number of para-hydroxylation sites is 1. The van der Waals surface area contributed by atoms with Gasteiger partial charge >= 0.3 is 0 Å². The van der Waals surface area contributed by atoms with Gasteiger partial charge in [0.2, 0.25) is 5.91 Å². The Labute approximate surface area is 127 Å². The molecule has 21 heavy (non-hydrogen) atoms. The first-order valence-corrected chi connectivity index (χ1v) is 7.78. The number of rotatable bonds is 8. The van der Waals surface area contributed by atoms with Crippen LogP contribution in [0.1, 0.15) is 56.8 Å². The molecule has 2 N–H and O–H groups in total. The number of carbonyl (C=O) groups excluding carboxylic acids is 2. The number of amides is 2. The molecule has 1 unspecified atom stereocenters. The molecule has 0 bridgehead atoms. The number of anilines is 1. The van der Waals surface area contributed by atoms with E-state index < -0.39 is 0 Å². The highest BCUT2D eigenvalue weighted by Crippen LogP contribution is 2.17. The zero-order valence-corrected chi connectivity index (χ0v) is 13.2. The van der Waals surface area contributed by atoms with Crippen LogP contribution in [-0.2, 0) is 4.79 Å². The lowest BCUT2D eigenvalue weighted by atomic mass is 10.0. The lowest BCUT2D eigenvalue weighted by Gasteiger charge is -2.14. The zero-order chi connectivity index (χ0) is 15.7. The van der Waals surface area contributed by atoms with Gasteiger partial charge in [0.1, 0.15) is 0 Å². The van der Waals surface area contributed by atoms with Gasteiger partial charge in [0.15, 0.2) is 0 Å². The molecule has 0 aliphatic heterocycles. The molecule has 4 heteroatoms. The van der Waals surface area contributed by atoms with E-state index in [1.807, 2.05) is 13.0 Å². The fourth-order valence-electron chi connectivity index (χ4n) is 2.08. The van der Waals surface area contributed by atoms with E-state index in [0.29, 0.717) is 17.8 Å². The molecule has 4 nitrogen and oxygen atoms in total. The third kappa shape index (κ3) is 5.58. The Hall–Kier alpha value is -1.84. The molecule has 1 aromatic carbocycles. The largest absolute Gasteiger partial charge is 0.352 e. The van der Waals surface area contributed by atoms with E-state index in [1.165, 1.54) is 0 Å². The van der Waals surface area contributed by atoms with Gasteiger partial charge in [0.25, 0.3) is 5.91 Å². The summed E-state index contributed by atoms with van der Waals surface area (Å²) in [6.07, 6.45) is 3.80. The van der Waals surface area contributed by atoms with Crippen LogP contribution in [-0.4, -0.2) is 18.4 Å². The van der Waals surface area contributed by atoms with Crippen molar-refractivity contribution in [1.82, 2.24) is 5.32 Å². The lowest BCUT2D eigenvalue weighted by Crippen LogP contribution is -2.27. The van der Waals surface area contributed by atoms with Crippen molar-refractivity contribution in [2.24, 2.45) is 5.92 Å². The van der Waals surface area contributed by atoms with Crippen LogP contribution in [0.2, 0.25) is 0 Å². The molecule has 0 saturated heterocycles. The van der Waals surface area contributed by atoms with Crippen molar-refractivity contribution in [2.75, 3.05) is 11.9 Å². The number of carbonyl (C=O) groups is 2. The number of benzene rings is 1. The topological polar surface area (TPSA) is 58.2 Å². The smallest absolute Gasteiger partial charge is 0.253 e. The summed E-state index contributed by atoms with van der Waals surface area (Å²) in [5.74, 6) is -0.223. The Kier molecular flexibility index (Phi) is 7.51. The lowest BCUT2D eigenvalue weighted by molar-refractivity contribution is -0.119. The average Bonchev–Trinajstić information content (AvgIpc) is 2.48. The van der Waals surface area contributed by atoms with Crippen LogP contribution in [0.3, 0.4) is 0 Å². The summed E-state index contributed by atoms with van der Waals surface area (Å²) < 4.78 is 0. The first-order chi connectivity index (χ1) is 10.1. The standard InChI is InChI=1S/C17H26N2O2/c1-4-6-12-18-17(21)14-10-7-8-11-15(14)19-16(20)13(3)9-5-2/h7-8,10-11,13H,4-6,9,12H2,1-3H3,(H,18,21)(H,19,20). The maximum absolute atomic E-state index is 12.2. The van der Waals surface area contributed by atoms with Gasteiger partial charge in [-0.2, -0.15) is 0 Å². The Morgan fingerprint density at radius 3 is 2.52 bits per heavy atom. The van der Waals surface area contributed by atoms with Crippen molar-refractivity contribution in [3.05, 3.63) is 29.8 Å². The summed E-state index contributed by atoms with van der Waals surface area (Å²) >= 11 is 0. The van der Waals surface area contributed by atoms with Gasteiger partial charge < -0.3 is 10.6 Å². The van der Waals surface area contributed by atoms with Gasteiger partial charge in [-0.1, -0.05) is 45.7 Å². The second kappa shape index (κ2) is 9.16. The van der Waals surface area contributed by atoms with Crippen molar-refractivity contribution in [1.29, 1.82) is 0 Å². The predicted molar refractivity (Wildman–Crippen MR) is 86.4 cm³/mol. The van der Waals surface area contributed by atoms with Gasteiger partial charge in [-0.25, -0.2) is 0 Å². The second-order valence-electron chi connectivity index (χ2n) is 5.33. The maximum Gasteiger partial charge on any atom is 0.253 e. The normalized spacial score (nSPS) is 11.8. The van der Waals surface area contributed by atoms with Crippen LogP contribution in [0.15, 0.2) is 24.3 Å². The number of hydrogen-bond acceptors (Lipinski definition) is 2. The van der Waals surface area contributed by atoms with Crippen LogP contribution in [0.25, 0.3) is 0 Å². The molecule has 0 fully saturated rings. The number of hydrogen-bond donors (Lipinski definition) is 2. The van der Waals surface area contributed by atoms with Gasteiger partial charge in [-0.15, -0.1) is 0 Å². The molecule has 0 aromatic heterocycles. The van der Waals surface area contributed by atoms with Crippen molar-refractivity contribution >= 4 is 17.5 Å². The zero-order valence-electron chi connectivity index (χ0n) is 13.2. The summed E-state index contributed by atoms with van der Waals surface area (Å²) in [5.41, 5.74) is 1.10. The van der Waals surface area contributed by atoms with E-state index in [9.17, 15) is 9.59 Å². The Balaban J connectivity index is 2.74. The quantitative estimate of drug-likeness (QED) is 0.719. The Morgan fingerprint density at radius 2 is 1.86 bits per heavy atom. The van der Waals surface area contributed by atoms with Gasteiger partial charge in [0, 0.05) is 12.5 Å². The van der Waals surface area contributed by atoms with E-state index in [2.05, 4.69) is 24.5 Å². The third-order valence-electron chi connectivity index (χ3n) is 3.41. The fraction of sp³-hybridized carbons (Fsp3) is 0.529. The van der Waals surface area contributed by atoms with E-state index in [1.54, 1.807) is 18.2 Å². The summed E-state index contributed by atoms with van der Waals surface area (Å²) in [6, 6.07) is 7.13. The molecule has 0 radical (unpaired) electrons. The van der Waals surface area contributed by atoms with Crippen LogP contribution < -0.4 is 10.6 Å². The van der Waals surface area contributed by atoms with Gasteiger partial charge in [-0.3, -0.25) is 9.59 Å². The summed E-state index contributed by atoms with van der Waals surface area (Å²) in [6.45, 7) is 6.70. The predicted octanol–water partition coefficient (Wildman–Crippen LogP) is 3.59. The highest BCUT2D eigenvalue weighted by Gasteiger charge is 2.16. The maximum atomic E-state index is 12.2. The fourth-order valence-corrected chi connectivity index (χ4v) is 2.08. The Morgan fingerprint density at radius 1 is 1.14 bits per heavy atom. The van der Waals surface area contributed by atoms with Crippen molar-refractivity contribution in [3.8, 4) is 0 Å². The molecular weight excluding hydrogens is 264 g/mol. The van der Waals surface area contributed by atoms with Crippen molar-refractivity contribution in [3.63, 3.8) is 0 Å². The van der Waals surface area contributed by atoms with E-state index in [0.717, 1.165) is 25.7 Å². The molecule has 1 atom stereocenters. The molecule has 0 aliphatic rings. The van der Waals surface area contributed by atoms with Crippen LogP contribution >= 0.6 is 0 Å². The first-order valence-electron chi connectivity index (χ1n) is 7.78. The minimum Gasteiger partial charge on any atom is -0.352 e. The molecule has 0 heterocycles. The first kappa shape index (κ1) is 17.2. The number of nitrogens with one attached hydrogen (secondary N) is 2. The molecular formula is C17H26N2O2. The second-order valence-corrected chi connectivity index (χ2v) is 5.33. The monoisotopic (exact) mass is 290 g/mol. The van der Waals surface area contributed by atoms with Crippen LogP contribution in [0.4, 0.5) is 5.69 Å². The summed E-state index contributed by atoms with van der Waals surface area (Å²) in [4.78, 5) is 24.2. The van der Waals surface area contributed by atoms with Crippen molar-refractivity contribution < 1.29 is 9.59 Å². The van der Waals surface area contributed by atoms with E-state index in [4.69, 9.17) is 0 Å². The highest BCUT2D eigenvalue weighted by molar-refractivity contribution is 6.04. The molecule has 116 valence electrons. The van der Waals surface area contributed by atoms with Crippen molar-refractivity contribution in [2.45, 2.75) is 46.5 Å². The Bertz CT molecular complexity index is 472. The van der Waals surface area contributed by atoms with E-state index in [-0.39, 0.29) is 17.7 Å². The minimum atomic E-state index is -0.137. The SMILES string of the molecule is CCCCNC(=O)c1ccccc1NC(=O)C(C)CCC. The minimum absolute atomic E-state index is 0.0364. The van der Waals surface area contributed by atoms with Crippen LogP contribution in [0.5, 0.6) is 0 Å². The van der Waals surface area contributed by atoms with E-state index >= 15 is 0 Å². The molecule has 0 saturated carbocycles. The highest BCUT2D eigenvalue weighted by atomic mass is 16.2. The molecule has 1 aromatic rings. The molecule has 1 rings (SSSR count). The van der Waals surface area contributed by atoms with Crippen LogP contribution in [0, 0.1) is 5.92 Å². The number of unbranched alkanes of at least 4 members (excludes halogenated alkanes) is 1. The molecule has 0 aliphatic carbocycles. The van der Waals surface area contributed by atoms with Gasteiger partial charge in [0.05, 0.1) is 11.3 Å². The molecule has 2 amide bonds. The average molecular weight is 290 g/mol. The summed E-state index contributed by atoms with van der Waals surface area (Å²) in [7, 11) is 0. The molecule has 0 spiro atoms. The summed E-state index contributed by atoms with van der Waals surface area (Å²) in [5, 5.41) is 5.74. The third-order valence-corrected chi connectivity index (χ3v) is 3.41.